The van der Waals surface area contributed by atoms with Crippen LogP contribution in [0.3, 0.4) is 0 Å². The van der Waals surface area contributed by atoms with Crippen LogP contribution in [0, 0.1) is 23.0 Å². The van der Waals surface area contributed by atoms with Crippen LogP contribution < -0.4 is 5.32 Å². The first-order chi connectivity index (χ1) is 7.58. The van der Waals surface area contributed by atoms with Crippen LogP contribution in [-0.2, 0) is 4.79 Å². The molecule has 0 spiro atoms. The SMILES string of the molecule is Cc1ccc(NC(=O)[C@@H]2C[C@H]2[N+](=O)[O-])cc1. The number of hydrogen-bond donors (Lipinski definition) is 1. The number of carbonyl (C=O) groups is 1. The van der Waals surface area contributed by atoms with E-state index in [1.807, 2.05) is 19.1 Å². The molecule has 1 amide bonds. The molecule has 1 saturated carbocycles. The molecule has 16 heavy (non-hydrogen) atoms. The number of nitrogens with one attached hydrogen (secondary N) is 1. The molecule has 5 heteroatoms. The summed E-state index contributed by atoms with van der Waals surface area (Å²) in [6, 6.07) is 6.65. The van der Waals surface area contributed by atoms with E-state index in [0.29, 0.717) is 12.1 Å². The fourth-order valence-electron chi connectivity index (χ4n) is 1.57. The third kappa shape index (κ3) is 2.18. The predicted octanol–water partition coefficient (Wildman–Crippen LogP) is 1.60. The molecule has 0 radical (unpaired) electrons. The van der Waals surface area contributed by atoms with Gasteiger partial charge in [0.1, 0.15) is 5.92 Å². The van der Waals surface area contributed by atoms with Gasteiger partial charge in [-0.3, -0.25) is 14.9 Å². The van der Waals surface area contributed by atoms with Crippen LogP contribution >= 0.6 is 0 Å². The fourth-order valence-corrected chi connectivity index (χ4v) is 1.57. The Balaban J connectivity index is 1.94. The van der Waals surface area contributed by atoms with Crippen molar-refractivity contribution in [2.45, 2.75) is 19.4 Å². The summed E-state index contributed by atoms with van der Waals surface area (Å²) in [5.41, 5.74) is 1.79. The lowest BCUT2D eigenvalue weighted by Crippen LogP contribution is -2.18. The van der Waals surface area contributed by atoms with Gasteiger partial charge in [-0.15, -0.1) is 0 Å². The Hall–Kier alpha value is -1.91. The van der Waals surface area contributed by atoms with Gasteiger partial charge in [-0.2, -0.15) is 0 Å². The summed E-state index contributed by atoms with van der Waals surface area (Å²) in [7, 11) is 0. The molecule has 1 aromatic rings. The van der Waals surface area contributed by atoms with Crippen molar-refractivity contribution in [2.24, 2.45) is 5.92 Å². The van der Waals surface area contributed by atoms with Gasteiger partial charge >= 0.3 is 0 Å². The van der Waals surface area contributed by atoms with Gasteiger partial charge in [0, 0.05) is 17.0 Å². The second-order valence-electron chi connectivity index (χ2n) is 4.05. The number of aryl methyl sites for hydroxylation is 1. The Morgan fingerprint density at radius 3 is 2.56 bits per heavy atom. The number of benzene rings is 1. The highest BCUT2D eigenvalue weighted by Gasteiger charge is 2.53. The summed E-state index contributed by atoms with van der Waals surface area (Å²) in [5.74, 6) is -0.721. The van der Waals surface area contributed by atoms with E-state index in [2.05, 4.69) is 5.32 Å². The first-order valence-corrected chi connectivity index (χ1v) is 5.09. The van der Waals surface area contributed by atoms with E-state index in [1.165, 1.54) is 0 Å². The third-order valence-electron chi connectivity index (χ3n) is 2.68. The number of nitro groups is 1. The lowest BCUT2D eigenvalue weighted by atomic mass is 10.2. The Bertz CT molecular complexity index is 427. The maximum atomic E-state index is 11.6. The third-order valence-corrected chi connectivity index (χ3v) is 2.68. The van der Waals surface area contributed by atoms with Crippen LogP contribution in [-0.4, -0.2) is 16.9 Å². The maximum Gasteiger partial charge on any atom is 0.234 e. The van der Waals surface area contributed by atoms with Gasteiger partial charge in [0.15, 0.2) is 0 Å². The highest BCUT2D eigenvalue weighted by Crippen LogP contribution is 2.34. The molecule has 1 N–H and O–H groups in total. The minimum absolute atomic E-state index is 0.259. The van der Waals surface area contributed by atoms with Gasteiger partial charge in [-0.1, -0.05) is 17.7 Å². The molecular formula is C11H12N2O3. The number of anilines is 1. The zero-order chi connectivity index (χ0) is 11.7. The molecule has 0 aliphatic heterocycles. The summed E-state index contributed by atoms with van der Waals surface area (Å²) in [5, 5.41) is 13.1. The molecule has 0 unspecified atom stereocenters. The van der Waals surface area contributed by atoms with Crippen LogP contribution in [0.15, 0.2) is 24.3 Å². The number of rotatable bonds is 3. The van der Waals surface area contributed by atoms with Crippen molar-refractivity contribution < 1.29 is 9.72 Å². The zero-order valence-electron chi connectivity index (χ0n) is 8.84. The van der Waals surface area contributed by atoms with E-state index in [4.69, 9.17) is 0 Å². The van der Waals surface area contributed by atoms with Crippen molar-refractivity contribution in [2.75, 3.05) is 5.32 Å². The van der Waals surface area contributed by atoms with E-state index in [0.717, 1.165) is 5.56 Å². The average Bonchev–Trinajstić information content (AvgIpc) is 3.01. The molecule has 2 atom stereocenters. The topological polar surface area (TPSA) is 72.2 Å². The minimum atomic E-state index is -0.689. The molecule has 1 fully saturated rings. The van der Waals surface area contributed by atoms with Crippen LogP contribution in [0.5, 0.6) is 0 Å². The lowest BCUT2D eigenvalue weighted by molar-refractivity contribution is -0.497. The van der Waals surface area contributed by atoms with E-state index in [1.54, 1.807) is 12.1 Å². The van der Waals surface area contributed by atoms with Gasteiger partial charge in [0.2, 0.25) is 11.9 Å². The lowest BCUT2D eigenvalue weighted by Gasteiger charge is -2.03. The first-order valence-electron chi connectivity index (χ1n) is 5.09. The smallest absolute Gasteiger partial charge is 0.234 e. The van der Waals surface area contributed by atoms with Crippen molar-refractivity contribution in [3.05, 3.63) is 39.9 Å². The van der Waals surface area contributed by atoms with Gasteiger partial charge in [-0.05, 0) is 19.1 Å². The number of carbonyl (C=O) groups excluding carboxylic acids is 1. The number of hydrogen-bond acceptors (Lipinski definition) is 3. The largest absolute Gasteiger partial charge is 0.326 e. The number of nitrogens with zero attached hydrogens (tertiary/aromatic N) is 1. The van der Waals surface area contributed by atoms with Gasteiger partial charge < -0.3 is 5.32 Å². The highest BCUT2D eigenvalue weighted by molar-refractivity contribution is 5.94. The first kappa shape index (κ1) is 10.6. The molecule has 5 nitrogen and oxygen atoms in total. The van der Waals surface area contributed by atoms with E-state index in [-0.39, 0.29) is 10.8 Å². The molecule has 84 valence electrons. The van der Waals surface area contributed by atoms with E-state index < -0.39 is 12.0 Å². The predicted molar refractivity (Wildman–Crippen MR) is 58.7 cm³/mol. The van der Waals surface area contributed by atoms with Gasteiger partial charge in [-0.25, -0.2) is 0 Å². The van der Waals surface area contributed by atoms with Crippen molar-refractivity contribution in [3.63, 3.8) is 0 Å². The van der Waals surface area contributed by atoms with E-state index in [9.17, 15) is 14.9 Å². The normalized spacial score (nSPS) is 22.6. The van der Waals surface area contributed by atoms with Crippen molar-refractivity contribution in [1.82, 2.24) is 0 Å². The van der Waals surface area contributed by atoms with Gasteiger partial charge in [0.05, 0.1) is 0 Å². The molecular weight excluding hydrogens is 208 g/mol. The molecule has 0 saturated heterocycles. The molecule has 1 aromatic carbocycles. The van der Waals surface area contributed by atoms with Crippen molar-refractivity contribution in [1.29, 1.82) is 0 Å². The Morgan fingerprint density at radius 1 is 1.44 bits per heavy atom. The second-order valence-corrected chi connectivity index (χ2v) is 4.05. The monoisotopic (exact) mass is 220 g/mol. The van der Waals surface area contributed by atoms with E-state index >= 15 is 0 Å². The molecule has 1 aliphatic carbocycles. The Kier molecular flexibility index (Phi) is 2.60. The Labute approximate surface area is 92.6 Å². The zero-order valence-corrected chi connectivity index (χ0v) is 8.84. The van der Waals surface area contributed by atoms with Crippen LogP contribution in [0.2, 0.25) is 0 Å². The quantitative estimate of drug-likeness (QED) is 0.621. The fraction of sp³-hybridized carbons (Fsp3) is 0.364. The summed E-state index contributed by atoms with van der Waals surface area (Å²) in [6.07, 6.45) is 0.352. The van der Waals surface area contributed by atoms with Crippen molar-refractivity contribution >= 4 is 11.6 Å². The highest BCUT2D eigenvalue weighted by atomic mass is 16.6. The average molecular weight is 220 g/mol. The molecule has 1 aliphatic rings. The summed E-state index contributed by atoms with van der Waals surface area (Å²) >= 11 is 0. The summed E-state index contributed by atoms with van der Waals surface area (Å²) in [4.78, 5) is 21.6. The molecule has 0 bridgehead atoms. The molecule has 0 heterocycles. The standard InChI is InChI=1S/C11H12N2O3/c1-7-2-4-8(5-3-7)12-11(14)9-6-10(9)13(15)16/h2-5,9-10H,6H2,1H3,(H,12,14)/t9-,10-/m1/s1. The summed E-state index contributed by atoms with van der Waals surface area (Å²) in [6.45, 7) is 1.95. The van der Waals surface area contributed by atoms with Crippen LogP contribution in [0.25, 0.3) is 0 Å². The van der Waals surface area contributed by atoms with Crippen LogP contribution in [0.4, 0.5) is 5.69 Å². The van der Waals surface area contributed by atoms with Gasteiger partial charge in [0.25, 0.3) is 0 Å². The van der Waals surface area contributed by atoms with Crippen LogP contribution in [0.1, 0.15) is 12.0 Å². The Morgan fingerprint density at radius 2 is 2.06 bits per heavy atom. The summed E-state index contributed by atoms with van der Waals surface area (Å²) < 4.78 is 0. The van der Waals surface area contributed by atoms with Crippen molar-refractivity contribution in [3.8, 4) is 0 Å². The maximum absolute atomic E-state index is 11.6. The second kappa shape index (κ2) is 3.92. The minimum Gasteiger partial charge on any atom is -0.326 e. The molecule has 2 rings (SSSR count). The number of amides is 1. The molecule has 0 aromatic heterocycles.